The number of amides is 1. The lowest BCUT2D eigenvalue weighted by Gasteiger charge is -2.21. The van der Waals surface area contributed by atoms with Crippen LogP contribution in [-0.2, 0) is 23.2 Å². The van der Waals surface area contributed by atoms with E-state index < -0.39 is 5.41 Å². The number of benzene rings is 2. The Balaban J connectivity index is 1.59. The third-order valence-corrected chi connectivity index (χ3v) is 5.29. The van der Waals surface area contributed by atoms with E-state index in [4.69, 9.17) is 11.6 Å². The molecule has 1 heterocycles. The Morgan fingerprint density at radius 2 is 1.92 bits per heavy atom. The summed E-state index contributed by atoms with van der Waals surface area (Å²) in [6.45, 7) is 1.44. The molecule has 24 heavy (non-hydrogen) atoms. The lowest BCUT2D eigenvalue weighted by Crippen LogP contribution is -2.29. The number of halogens is 2. The maximum Gasteiger partial charge on any atom is 0.235 e. The second-order valence-corrected chi connectivity index (χ2v) is 6.97. The molecule has 2 aromatic carbocycles. The monoisotopic (exact) mass is 344 g/mol. The zero-order chi connectivity index (χ0) is 16.7. The Labute approximate surface area is 145 Å². The molecule has 0 radical (unpaired) electrons. The van der Waals surface area contributed by atoms with Crippen LogP contribution in [0.25, 0.3) is 0 Å². The van der Waals surface area contributed by atoms with Crippen molar-refractivity contribution in [2.75, 3.05) is 11.9 Å². The standard InChI is InChI=1S/C19H18ClFN2O/c20-14-4-2-13(3-5-14)19(8-9-19)18(24)23-16-6-1-12-11-22-10-7-15(12)17(16)21/h1-6,22H,7-11H2,(H,23,24). The maximum atomic E-state index is 14.7. The van der Waals surface area contributed by atoms with Gasteiger partial charge in [-0.05, 0) is 60.7 Å². The van der Waals surface area contributed by atoms with Gasteiger partial charge in [-0.2, -0.15) is 0 Å². The number of fused-ring (bicyclic) bond motifs is 1. The first kappa shape index (κ1) is 15.6. The lowest BCUT2D eigenvalue weighted by molar-refractivity contribution is -0.118. The number of anilines is 1. The van der Waals surface area contributed by atoms with Crippen LogP contribution in [0, 0.1) is 5.82 Å². The molecule has 1 aliphatic heterocycles. The largest absolute Gasteiger partial charge is 0.323 e. The van der Waals surface area contributed by atoms with Crippen molar-refractivity contribution in [1.82, 2.24) is 5.32 Å². The van der Waals surface area contributed by atoms with Gasteiger partial charge >= 0.3 is 0 Å². The molecule has 124 valence electrons. The number of carbonyl (C=O) groups is 1. The molecule has 2 aliphatic rings. The van der Waals surface area contributed by atoms with E-state index in [1.165, 1.54) is 0 Å². The Morgan fingerprint density at radius 3 is 2.62 bits per heavy atom. The van der Waals surface area contributed by atoms with E-state index in [0.717, 1.165) is 30.5 Å². The first-order valence-corrected chi connectivity index (χ1v) is 8.56. The first-order valence-electron chi connectivity index (χ1n) is 8.19. The van der Waals surface area contributed by atoms with E-state index in [9.17, 15) is 9.18 Å². The average Bonchev–Trinajstić information content (AvgIpc) is 3.40. The fourth-order valence-electron chi connectivity index (χ4n) is 3.41. The van der Waals surface area contributed by atoms with Crippen molar-refractivity contribution in [1.29, 1.82) is 0 Å². The van der Waals surface area contributed by atoms with Gasteiger partial charge in [0.1, 0.15) is 5.82 Å². The van der Waals surface area contributed by atoms with E-state index >= 15 is 0 Å². The predicted octanol–water partition coefficient (Wildman–Crippen LogP) is 3.80. The van der Waals surface area contributed by atoms with Gasteiger partial charge in [-0.15, -0.1) is 0 Å². The van der Waals surface area contributed by atoms with Crippen molar-refractivity contribution in [3.05, 3.63) is 63.9 Å². The molecule has 1 fully saturated rings. The van der Waals surface area contributed by atoms with Crippen LogP contribution in [0.5, 0.6) is 0 Å². The minimum absolute atomic E-state index is 0.141. The summed E-state index contributed by atoms with van der Waals surface area (Å²) >= 11 is 5.92. The molecule has 0 saturated heterocycles. The smallest absolute Gasteiger partial charge is 0.235 e. The number of nitrogens with one attached hydrogen (secondary N) is 2. The van der Waals surface area contributed by atoms with Gasteiger partial charge in [0.15, 0.2) is 0 Å². The van der Waals surface area contributed by atoms with E-state index in [2.05, 4.69) is 10.6 Å². The minimum Gasteiger partial charge on any atom is -0.323 e. The fraction of sp³-hybridized carbons (Fsp3) is 0.316. The molecule has 0 unspecified atom stereocenters. The van der Waals surface area contributed by atoms with Gasteiger partial charge in [-0.1, -0.05) is 29.8 Å². The number of rotatable bonds is 3. The van der Waals surface area contributed by atoms with Crippen molar-refractivity contribution in [3.63, 3.8) is 0 Å². The Morgan fingerprint density at radius 1 is 1.17 bits per heavy atom. The van der Waals surface area contributed by atoms with Gasteiger partial charge in [0.2, 0.25) is 5.91 Å². The summed E-state index contributed by atoms with van der Waals surface area (Å²) in [7, 11) is 0. The molecule has 3 nitrogen and oxygen atoms in total. The topological polar surface area (TPSA) is 41.1 Å². The van der Waals surface area contributed by atoms with E-state index in [0.29, 0.717) is 23.6 Å². The Hall–Kier alpha value is -1.91. The van der Waals surface area contributed by atoms with Crippen LogP contribution in [-0.4, -0.2) is 12.5 Å². The van der Waals surface area contributed by atoms with Crippen molar-refractivity contribution in [2.24, 2.45) is 0 Å². The maximum absolute atomic E-state index is 14.7. The van der Waals surface area contributed by atoms with Crippen molar-refractivity contribution < 1.29 is 9.18 Å². The van der Waals surface area contributed by atoms with E-state index in [-0.39, 0.29) is 17.4 Å². The molecular formula is C19H18ClFN2O. The molecule has 1 saturated carbocycles. The number of carbonyl (C=O) groups excluding carboxylic acids is 1. The Bertz CT molecular complexity index is 800. The molecule has 2 aromatic rings. The van der Waals surface area contributed by atoms with Crippen molar-refractivity contribution in [2.45, 2.75) is 31.2 Å². The van der Waals surface area contributed by atoms with Crippen molar-refractivity contribution >= 4 is 23.2 Å². The summed E-state index contributed by atoms with van der Waals surface area (Å²) in [6, 6.07) is 10.9. The highest BCUT2D eigenvalue weighted by molar-refractivity contribution is 6.30. The predicted molar refractivity (Wildman–Crippen MR) is 92.8 cm³/mol. The van der Waals surface area contributed by atoms with Crippen LogP contribution < -0.4 is 10.6 Å². The van der Waals surface area contributed by atoms with Gasteiger partial charge in [-0.3, -0.25) is 4.79 Å². The summed E-state index contributed by atoms with van der Waals surface area (Å²) in [5.74, 6) is -0.438. The summed E-state index contributed by atoms with van der Waals surface area (Å²) in [4.78, 5) is 12.8. The molecule has 0 spiro atoms. The normalized spacial score (nSPS) is 17.9. The second kappa shape index (κ2) is 5.87. The molecule has 2 N–H and O–H groups in total. The summed E-state index contributed by atoms with van der Waals surface area (Å²) in [6.07, 6.45) is 2.20. The number of hydrogen-bond acceptors (Lipinski definition) is 2. The molecule has 5 heteroatoms. The van der Waals surface area contributed by atoms with Crippen LogP contribution in [0.15, 0.2) is 36.4 Å². The minimum atomic E-state index is -0.547. The zero-order valence-electron chi connectivity index (χ0n) is 13.2. The second-order valence-electron chi connectivity index (χ2n) is 6.53. The van der Waals surface area contributed by atoms with Gasteiger partial charge in [-0.25, -0.2) is 4.39 Å². The van der Waals surface area contributed by atoms with Crippen LogP contribution in [0.3, 0.4) is 0 Å². The quantitative estimate of drug-likeness (QED) is 0.889. The molecular weight excluding hydrogens is 327 g/mol. The van der Waals surface area contributed by atoms with Crippen LogP contribution in [0.4, 0.5) is 10.1 Å². The van der Waals surface area contributed by atoms with Crippen LogP contribution >= 0.6 is 11.6 Å². The summed E-state index contributed by atoms with van der Waals surface area (Å²) < 4.78 is 14.7. The van der Waals surface area contributed by atoms with Crippen molar-refractivity contribution in [3.8, 4) is 0 Å². The van der Waals surface area contributed by atoms with Gasteiger partial charge < -0.3 is 10.6 Å². The molecule has 0 bridgehead atoms. The highest BCUT2D eigenvalue weighted by Gasteiger charge is 2.51. The van der Waals surface area contributed by atoms with Gasteiger partial charge in [0, 0.05) is 11.6 Å². The molecule has 4 rings (SSSR count). The molecule has 0 aromatic heterocycles. The number of hydrogen-bond donors (Lipinski definition) is 2. The van der Waals surface area contributed by atoms with Crippen LogP contribution in [0.2, 0.25) is 5.02 Å². The SMILES string of the molecule is O=C(Nc1ccc2c(c1F)CCNC2)C1(c2ccc(Cl)cc2)CC1. The van der Waals surface area contributed by atoms with Crippen LogP contribution in [0.1, 0.15) is 29.5 Å². The highest BCUT2D eigenvalue weighted by Crippen LogP contribution is 2.49. The third kappa shape index (κ3) is 2.60. The van der Waals surface area contributed by atoms with Gasteiger partial charge in [0.05, 0.1) is 11.1 Å². The summed E-state index contributed by atoms with van der Waals surface area (Å²) in [5, 5.41) is 6.68. The average molecular weight is 345 g/mol. The first-order chi connectivity index (χ1) is 11.6. The molecule has 1 aliphatic carbocycles. The molecule has 1 amide bonds. The molecule has 0 atom stereocenters. The zero-order valence-corrected chi connectivity index (χ0v) is 13.9. The fourth-order valence-corrected chi connectivity index (χ4v) is 3.54. The third-order valence-electron chi connectivity index (χ3n) is 5.04. The lowest BCUT2D eigenvalue weighted by atomic mass is 9.94. The Kier molecular flexibility index (Phi) is 3.82. The highest BCUT2D eigenvalue weighted by atomic mass is 35.5. The van der Waals surface area contributed by atoms with E-state index in [1.54, 1.807) is 18.2 Å². The van der Waals surface area contributed by atoms with Gasteiger partial charge in [0.25, 0.3) is 0 Å². The van der Waals surface area contributed by atoms with E-state index in [1.807, 2.05) is 18.2 Å². The summed E-state index contributed by atoms with van der Waals surface area (Å²) in [5.41, 5.74) is 2.35.